The van der Waals surface area contributed by atoms with Gasteiger partial charge in [0.05, 0.1) is 6.61 Å². The van der Waals surface area contributed by atoms with E-state index in [0.717, 1.165) is 0 Å². The molecule has 0 unspecified atom stereocenters. The number of carbonyl (C=O) groups excluding carboxylic acids is 1. The van der Waals surface area contributed by atoms with E-state index in [2.05, 4.69) is 9.97 Å². The number of anilines is 1. The molecule has 1 aromatic rings. The molecule has 1 aromatic heterocycles. The summed E-state index contributed by atoms with van der Waals surface area (Å²) < 4.78 is 4.80. The molecule has 0 aliphatic rings. The van der Waals surface area contributed by atoms with Crippen LogP contribution in [0.15, 0.2) is 11.4 Å². The van der Waals surface area contributed by atoms with Crippen molar-refractivity contribution in [1.29, 1.82) is 0 Å². The predicted octanol–water partition coefficient (Wildman–Crippen LogP) is 1.61. The molecule has 0 fully saturated rings. The molecule has 7 heteroatoms. The molecule has 0 saturated heterocycles. The Morgan fingerprint density at radius 2 is 2.40 bits per heavy atom. The molecule has 0 saturated carbocycles. The van der Waals surface area contributed by atoms with Crippen molar-refractivity contribution in [3.8, 4) is 0 Å². The number of nitrogens with zero attached hydrogens (tertiary/aromatic N) is 2. The van der Waals surface area contributed by atoms with Crippen molar-refractivity contribution >= 4 is 33.4 Å². The fourth-order valence-corrected chi connectivity index (χ4v) is 1.93. The fraction of sp³-hybridized carbons (Fsp3) is 0.375. The molecule has 0 aliphatic heterocycles. The second-order valence-corrected chi connectivity index (χ2v) is 4.79. The Kier molecular flexibility index (Phi) is 4.70. The molecule has 0 aromatic carbocycles. The van der Waals surface area contributed by atoms with Crippen LogP contribution in [-0.2, 0) is 4.74 Å². The first-order valence-corrected chi connectivity index (χ1v) is 6.75. The highest BCUT2D eigenvalue weighted by atomic mass is 33.1. The van der Waals surface area contributed by atoms with E-state index in [9.17, 15) is 4.79 Å². The van der Waals surface area contributed by atoms with Gasteiger partial charge in [0, 0.05) is 6.20 Å². The summed E-state index contributed by atoms with van der Waals surface area (Å²) in [5.74, 6) is -0.337. The van der Waals surface area contributed by atoms with Crippen molar-refractivity contribution in [2.75, 3.05) is 18.6 Å². The molecule has 0 aliphatic carbocycles. The van der Waals surface area contributed by atoms with Crippen LogP contribution in [0.2, 0.25) is 0 Å². The van der Waals surface area contributed by atoms with Crippen LogP contribution < -0.4 is 5.73 Å². The van der Waals surface area contributed by atoms with E-state index in [0.29, 0.717) is 11.8 Å². The summed E-state index contributed by atoms with van der Waals surface area (Å²) in [4.78, 5) is 19.3. The third kappa shape index (κ3) is 3.28. The normalized spacial score (nSPS) is 10.0. The summed E-state index contributed by atoms with van der Waals surface area (Å²) in [6.07, 6.45) is 3.29. The Morgan fingerprint density at radius 3 is 2.93 bits per heavy atom. The number of esters is 1. The van der Waals surface area contributed by atoms with E-state index in [-0.39, 0.29) is 11.4 Å². The van der Waals surface area contributed by atoms with Gasteiger partial charge in [-0.1, -0.05) is 10.8 Å². The van der Waals surface area contributed by atoms with Crippen LogP contribution in [0, 0.1) is 0 Å². The number of nitrogen functional groups attached to an aromatic ring is 1. The van der Waals surface area contributed by atoms with Gasteiger partial charge in [-0.2, -0.15) is 0 Å². The number of ether oxygens (including phenoxy) is 1. The third-order valence-corrected chi connectivity index (χ3v) is 2.91. The van der Waals surface area contributed by atoms with Crippen molar-refractivity contribution in [2.24, 2.45) is 0 Å². The highest BCUT2D eigenvalue weighted by Gasteiger charge is 2.13. The molecule has 82 valence electrons. The van der Waals surface area contributed by atoms with Gasteiger partial charge in [0.25, 0.3) is 0 Å². The van der Waals surface area contributed by atoms with Gasteiger partial charge >= 0.3 is 5.97 Å². The molecular formula is C8H11N3O2S2. The van der Waals surface area contributed by atoms with Gasteiger partial charge in [-0.3, -0.25) is 0 Å². The number of hydrogen-bond acceptors (Lipinski definition) is 7. The second kappa shape index (κ2) is 5.82. The van der Waals surface area contributed by atoms with Crippen molar-refractivity contribution in [2.45, 2.75) is 12.1 Å². The maximum atomic E-state index is 11.3. The molecule has 15 heavy (non-hydrogen) atoms. The SMILES string of the molecule is CCOC(=O)c1cnc(SSC)nc1N. The van der Waals surface area contributed by atoms with Crippen LogP contribution in [0.4, 0.5) is 5.82 Å². The van der Waals surface area contributed by atoms with Gasteiger partial charge in [0.2, 0.25) is 0 Å². The average Bonchev–Trinajstić information content (AvgIpc) is 2.18. The zero-order chi connectivity index (χ0) is 11.3. The minimum absolute atomic E-state index is 0.153. The van der Waals surface area contributed by atoms with Gasteiger partial charge in [-0.25, -0.2) is 14.8 Å². The first-order valence-electron chi connectivity index (χ1n) is 4.19. The summed E-state index contributed by atoms with van der Waals surface area (Å²) in [5.41, 5.74) is 5.82. The van der Waals surface area contributed by atoms with E-state index in [1.807, 2.05) is 6.26 Å². The van der Waals surface area contributed by atoms with Gasteiger partial charge in [-0.15, -0.1) is 0 Å². The molecular weight excluding hydrogens is 234 g/mol. The maximum absolute atomic E-state index is 11.3. The van der Waals surface area contributed by atoms with Crippen molar-refractivity contribution in [3.63, 3.8) is 0 Å². The van der Waals surface area contributed by atoms with E-state index < -0.39 is 5.97 Å². The van der Waals surface area contributed by atoms with Gasteiger partial charge in [-0.05, 0) is 24.0 Å². The summed E-state index contributed by atoms with van der Waals surface area (Å²) in [5, 5.41) is 0.535. The summed E-state index contributed by atoms with van der Waals surface area (Å²) in [7, 11) is 2.89. The molecule has 0 spiro atoms. The first-order chi connectivity index (χ1) is 7.19. The van der Waals surface area contributed by atoms with Crippen LogP contribution in [0.5, 0.6) is 0 Å². The van der Waals surface area contributed by atoms with E-state index in [1.165, 1.54) is 27.8 Å². The molecule has 0 bridgehead atoms. The molecule has 5 nitrogen and oxygen atoms in total. The smallest absolute Gasteiger partial charge is 0.343 e. The Balaban J connectivity index is 2.87. The predicted molar refractivity (Wildman–Crippen MR) is 61.8 cm³/mol. The zero-order valence-electron chi connectivity index (χ0n) is 8.39. The maximum Gasteiger partial charge on any atom is 0.343 e. The van der Waals surface area contributed by atoms with Gasteiger partial charge in [0.15, 0.2) is 5.16 Å². The van der Waals surface area contributed by atoms with E-state index >= 15 is 0 Å². The topological polar surface area (TPSA) is 78.1 Å². The van der Waals surface area contributed by atoms with Crippen molar-refractivity contribution < 1.29 is 9.53 Å². The summed E-state index contributed by atoms with van der Waals surface area (Å²) >= 11 is 0. The molecule has 0 amide bonds. The lowest BCUT2D eigenvalue weighted by molar-refractivity contribution is 0.0526. The molecule has 2 N–H and O–H groups in total. The van der Waals surface area contributed by atoms with Crippen LogP contribution in [0.25, 0.3) is 0 Å². The van der Waals surface area contributed by atoms with Crippen molar-refractivity contribution in [1.82, 2.24) is 9.97 Å². The summed E-state index contributed by atoms with van der Waals surface area (Å²) in [6.45, 7) is 2.03. The van der Waals surface area contributed by atoms with Crippen LogP contribution in [0.3, 0.4) is 0 Å². The standard InChI is InChI=1S/C8H11N3O2S2/c1-3-13-7(12)5-4-10-8(15-14-2)11-6(5)9/h4H,3H2,1-2H3,(H2,9,10,11). The van der Waals surface area contributed by atoms with Crippen molar-refractivity contribution in [3.05, 3.63) is 11.8 Å². The molecule has 0 atom stereocenters. The lowest BCUT2D eigenvalue weighted by Gasteiger charge is -2.04. The highest BCUT2D eigenvalue weighted by Crippen LogP contribution is 2.25. The quantitative estimate of drug-likeness (QED) is 0.490. The Hall–Kier alpha value is -0.950. The number of aromatic nitrogens is 2. The third-order valence-electron chi connectivity index (χ3n) is 1.45. The average molecular weight is 245 g/mol. The Labute approximate surface area is 95.6 Å². The van der Waals surface area contributed by atoms with Crippen LogP contribution in [-0.4, -0.2) is 28.8 Å². The lowest BCUT2D eigenvalue weighted by Crippen LogP contribution is -2.10. The zero-order valence-corrected chi connectivity index (χ0v) is 10.0. The lowest BCUT2D eigenvalue weighted by atomic mass is 10.3. The van der Waals surface area contributed by atoms with Gasteiger partial charge in [0.1, 0.15) is 11.4 Å². The molecule has 1 rings (SSSR count). The Bertz CT molecular complexity index is 360. The van der Waals surface area contributed by atoms with E-state index in [1.54, 1.807) is 6.92 Å². The van der Waals surface area contributed by atoms with Gasteiger partial charge < -0.3 is 10.5 Å². The minimum Gasteiger partial charge on any atom is -0.462 e. The van der Waals surface area contributed by atoms with E-state index in [4.69, 9.17) is 10.5 Å². The number of hydrogen-bond donors (Lipinski definition) is 1. The molecule has 0 radical (unpaired) electrons. The van der Waals surface area contributed by atoms with Crippen LogP contribution >= 0.6 is 21.6 Å². The monoisotopic (exact) mass is 245 g/mol. The number of rotatable bonds is 4. The largest absolute Gasteiger partial charge is 0.462 e. The van der Waals surface area contributed by atoms with Crippen LogP contribution in [0.1, 0.15) is 17.3 Å². The Morgan fingerprint density at radius 1 is 1.67 bits per heavy atom. The highest BCUT2D eigenvalue weighted by molar-refractivity contribution is 8.76. The molecule has 1 heterocycles. The summed E-state index contributed by atoms with van der Waals surface area (Å²) in [6, 6.07) is 0. The first kappa shape index (κ1) is 12.1. The second-order valence-electron chi connectivity index (χ2n) is 2.42. The fourth-order valence-electron chi connectivity index (χ4n) is 0.859. The number of nitrogens with two attached hydrogens (primary N) is 1. The minimum atomic E-state index is -0.490. The number of carbonyl (C=O) groups is 1.